The van der Waals surface area contributed by atoms with Gasteiger partial charge in [0.05, 0.1) is 36.9 Å². The maximum atomic E-state index is 11.8. The molecule has 2 aromatic carbocycles. The first kappa shape index (κ1) is 21.6. The van der Waals surface area contributed by atoms with Crippen LogP contribution in [0.4, 0.5) is 4.79 Å². The summed E-state index contributed by atoms with van der Waals surface area (Å²) in [6.45, 7) is 0.575. The Balaban J connectivity index is 1.57. The fourth-order valence-electron chi connectivity index (χ4n) is 3.39. The van der Waals surface area contributed by atoms with Crippen molar-refractivity contribution < 1.29 is 9.59 Å². The highest BCUT2D eigenvalue weighted by atomic mass is 35.5. The quantitative estimate of drug-likeness (QED) is 0.292. The van der Waals surface area contributed by atoms with Crippen molar-refractivity contribution in [3.05, 3.63) is 78.3 Å². The molecule has 2 aromatic heterocycles. The van der Waals surface area contributed by atoms with Crippen molar-refractivity contribution in [2.75, 3.05) is 0 Å². The van der Waals surface area contributed by atoms with Crippen molar-refractivity contribution in [3.8, 4) is 11.4 Å². The van der Waals surface area contributed by atoms with Gasteiger partial charge in [-0.3, -0.25) is 14.9 Å². The Morgan fingerprint density at radius 1 is 1.00 bits per heavy atom. The predicted octanol–water partition coefficient (Wildman–Crippen LogP) is 7.10. The molecule has 0 saturated carbocycles. The Kier molecular flexibility index (Phi) is 5.77. The second-order valence-corrected chi connectivity index (χ2v) is 10.6. The van der Waals surface area contributed by atoms with Crippen LogP contribution in [0.15, 0.2) is 53.4 Å². The zero-order valence-corrected chi connectivity index (χ0v) is 20.0. The first-order valence-corrected chi connectivity index (χ1v) is 12.1. The number of fused-ring (bicyclic) bond motifs is 1. The topological polar surface area (TPSA) is 64.0 Å². The largest absolute Gasteiger partial charge is 0.319 e. The molecular formula is C22H12Cl3N3O2S2. The van der Waals surface area contributed by atoms with Gasteiger partial charge in [-0.1, -0.05) is 59.1 Å². The normalized spacial score (nSPS) is 15.2. The molecule has 10 heteroatoms. The van der Waals surface area contributed by atoms with E-state index in [2.05, 4.69) is 9.88 Å². The van der Waals surface area contributed by atoms with Gasteiger partial charge in [-0.05, 0) is 47.7 Å². The molecule has 1 saturated heterocycles. The third-order valence-corrected chi connectivity index (χ3v) is 7.59. The molecule has 0 aliphatic carbocycles. The van der Waals surface area contributed by atoms with Crippen LogP contribution >= 0.6 is 57.9 Å². The Morgan fingerprint density at radius 3 is 2.41 bits per heavy atom. The lowest BCUT2D eigenvalue weighted by atomic mass is 10.1. The molecule has 1 aliphatic rings. The molecule has 0 spiro atoms. The summed E-state index contributed by atoms with van der Waals surface area (Å²) < 4.78 is 2.79. The molecule has 1 N–H and O–H groups in total. The number of imidazole rings is 1. The molecule has 0 radical (unpaired) electrons. The fraction of sp³-hybridized carbons (Fsp3) is 0.0455. The number of carbonyl (C=O) groups is 2. The van der Waals surface area contributed by atoms with Crippen molar-refractivity contribution in [1.29, 1.82) is 0 Å². The van der Waals surface area contributed by atoms with Gasteiger partial charge in [-0.25, -0.2) is 4.98 Å². The SMILES string of the molecule is O=C1NC(=O)/C(=C/c2ccc(-c3nc4cc(Cl)c(Cl)cc4n3Cc3ccc(Cl)s3)cc2)S1. The van der Waals surface area contributed by atoms with Crippen LogP contribution in [-0.2, 0) is 11.3 Å². The number of thioether (sulfide) groups is 1. The molecular weight excluding hydrogens is 509 g/mol. The second kappa shape index (κ2) is 8.57. The summed E-state index contributed by atoms with van der Waals surface area (Å²) in [5, 5.41) is 2.79. The Bertz CT molecular complexity index is 1420. The predicted molar refractivity (Wildman–Crippen MR) is 133 cm³/mol. The summed E-state index contributed by atoms with van der Waals surface area (Å²) >= 11 is 21.0. The van der Waals surface area contributed by atoms with Crippen molar-refractivity contribution in [3.63, 3.8) is 0 Å². The van der Waals surface area contributed by atoms with Gasteiger partial charge >= 0.3 is 0 Å². The molecule has 4 aromatic rings. The summed E-state index contributed by atoms with van der Waals surface area (Å²) in [6, 6.07) is 15.0. The Hall–Kier alpha value is -2.29. The molecule has 5 rings (SSSR count). The van der Waals surface area contributed by atoms with E-state index in [1.807, 2.05) is 42.5 Å². The van der Waals surface area contributed by atoms with Crippen LogP contribution in [0.2, 0.25) is 14.4 Å². The molecule has 2 amide bonds. The van der Waals surface area contributed by atoms with Gasteiger partial charge in [0.1, 0.15) is 5.82 Å². The summed E-state index contributed by atoms with van der Waals surface area (Å²) in [7, 11) is 0. The number of imide groups is 1. The number of aromatic nitrogens is 2. The number of halogens is 3. The summed E-state index contributed by atoms with van der Waals surface area (Å²) in [6.07, 6.45) is 1.69. The third kappa shape index (κ3) is 4.19. The van der Waals surface area contributed by atoms with Gasteiger partial charge in [0.15, 0.2) is 0 Å². The van der Waals surface area contributed by atoms with Crippen LogP contribution in [-0.4, -0.2) is 20.7 Å². The third-order valence-electron chi connectivity index (χ3n) is 4.84. The van der Waals surface area contributed by atoms with Gasteiger partial charge in [-0.15, -0.1) is 11.3 Å². The maximum absolute atomic E-state index is 11.8. The smallest absolute Gasteiger partial charge is 0.290 e. The zero-order chi connectivity index (χ0) is 22.4. The summed E-state index contributed by atoms with van der Waals surface area (Å²) in [5.41, 5.74) is 3.29. The Morgan fingerprint density at radius 2 is 1.75 bits per heavy atom. The number of amides is 2. The van der Waals surface area contributed by atoms with E-state index in [0.717, 1.165) is 49.0 Å². The van der Waals surface area contributed by atoms with E-state index in [9.17, 15) is 9.59 Å². The zero-order valence-electron chi connectivity index (χ0n) is 16.1. The first-order chi connectivity index (χ1) is 15.4. The molecule has 1 fully saturated rings. The van der Waals surface area contributed by atoms with E-state index in [1.54, 1.807) is 12.1 Å². The summed E-state index contributed by atoms with van der Waals surface area (Å²) in [5.74, 6) is 0.374. The van der Waals surface area contributed by atoms with Crippen LogP contribution in [0.5, 0.6) is 0 Å². The minimum absolute atomic E-state index is 0.363. The lowest BCUT2D eigenvalue weighted by Gasteiger charge is -2.09. The van der Waals surface area contributed by atoms with Crippen LogP contribution in [0.1, 0.15) is 10.4 Å². The minimum atomic E-state index is -0.380. The monoisotopic (exact) mass is 519 g/mol. The number of benzene rings is 2. The highest BCUT2D eigenvalue weighted by Crippen LogP contribution is 2.34. The van der Waals surface area contributed by atoms with Crippen molar-refractivity contribution in [2.45, 2.75) is 6.54 Å². The van der Waals surface area contributed by atoms with Gasteiger partial charge in [0.25, 0.3) is 11.1 Å². The standard InChI is InChI=1S/C22H12Cl3N3O2S2/c23-14-8-16-17(9-15(14)24)28(10-13-5-6-19(25)31-13)20(26-16)12-3-1-11(2-4-12)7-18-21(29)27-22(30)32-18/h1-9H,10H2,(H,27,29,30)/b18-7-. The average Bonchev–Trinajstić information content (AvgIpc) is 3.41. The number of hydrogen-bond acceptors (Lipinski definition) is 5. The van der Waals surface area contributed by atoms with E-state index in [1.165, 1.54) is 11.3 Å². The second-order valence-electron chi connectivity index (χ2n) is 6.96. The van der Waals surface area contributed by atoms with Crippen LogP contribution in [0.3, 0.4) is 0 Å². The maximum Gasteiger partial charge on any atom is 0.290 e. The van der Waals surface area contributed by atoms with E-state index in [0.29, 0.717) is 21.5 Å². The Labute approximate surface area is 206 Å². The number of nitrogens with zero attached hydrogens (tertiary/aromatic N) is 2. The van der Waals surface area contributed by atoms with Crippen molar-refractivity contribution in [2.24, 2.45) is 0 Å². The molecule has 3 heterocycles. The van der Waals surface area contributed by atoms with E-state index in [-0.39, 0.29) is 11.1 Å². The van der Waals surface area contributed by atoms with Crippen LogP contribution in [0.25, 0.3) is 28.5 Å². The van der Waals surface area contributed by atoms with E-state index in [4.69, 9.17) is 39.8 Å². The molecule has 32 heavy (non-hydrogen) atoms. The van der Waals surface area contributed by atoms with Gasteiger partial charge < -0.3 is 4.57 Å². The fourth-order valence-corrected chi connectivity index (χ4v) is 5.47. The highest BCUT2D eigenvalue weighted by Gasteiger charge is 2.25. The molecule has 0 unspecified atom stereocenters. The number of rotatable bonds is 4. The number of thiophene rings is 1. The van der Waals surface area contributed by atoms with Crippen LogP contribution < -0.4 is 5.32 Å². The van der Waals surface area contributed by atoms with Crippen molar-refractivity contribution in [1.82, 2.24) is 14.9 Å². The molecule has 0 atom stereocenters. The summed E-state index contributed by atoms with van der Waals surface area (Å²) in [4.78, 5) is 29.4. The van der Waals surface area contributed by atoms with Crippen molar-refractivity contribution >= 4 is 86.2 Å². The number of carbonyl (C=O) groups excluding carboxylic acids is 2. The van der Waals surface area contributed by atoms with Crippen LogP contribution in [0, 0.1) is 0 Å². The van der Waals surface area contributed by atoms with Gasteiger partial charge in [0, 0.05) is 10.4 Å². The number of hydrogen-bond donors (Lipinski definition) is 1. The molecule has 160 valence electrons. The lowest BCUT2D eigenvalue weighted by molar-refractivity contribution is -0.115. The number of nitrogens with one attached hydrogen (secondary N) is 1. The first-order valence-electron chi connectivity index (χ1n) is 9.32. The molecule has 5 nitrogen and oxygen atoms in total. The lowest BCUT2D eigenvalue weighted by Crippen LogP contribution is -2.17. The van der Waals surface area contributed by atoms with E-state index < -0.39 is 0 Å². The minimum Gasteiger partial charge on any atom is -0.319 e. The van der Waals surface area contributed by atoms with Gasteiger partial charge in [-0.2, -0.15) is 0 Å². The molecule has 0 bridgehead atoms. The highest BCUT2D eigenvalue weighted by molar-refractivity contribution is 8.18. The molecule has 1 aliphatic heterocycles. The van der Waals surface area contributed by atoms with E-state index >= 15 is 0 Å². The van der Waals surface area contributed by atoms with Gasteiger partial charge in [0.2, 0.25) is 0 Å². The average molecular weight is 521 g/mol.